The standard InChI is InChI=1S/C57H93N11O32/c1-68(21-26-20-64-49-35(65-26)48(58)66-55(59)67-49)27(50(84)90-13-5-7-33(74)63-11-15-88-17-19-92-54-47(41(81)37(77)29(23-70)96-54)98-52-43(83)45(100-57(61)86)39(79)31(25-72)94-52)8-9-34(75)89-12-4-2-3-6-32(73)62-10-14-87-16-18-91-53-46(40(80)36(76)28(22-69)95-53)97-51-42(82)44(99-56(60)85)38(78)30(24-71)93-51/h20,27-31,36-47,51-54,69-72,76-83H,2-19,21-25H2,1H3,(H2,60,85)(H2,61,86)(H,62,73)(H,63,74)(H4,58,59,64,66,67)/t27-,28+,29-,30-,31+,36-,37+,38-,39+,40+,41-,42+,43-,44+,45-,46+,47-,51-,52+,53?,54?/m1/s1. The zero-order valence-corrected chi connectivity index (χ0v) is 54.5. The van der Waals surface area contributed by atoms with E-state index in [1.54, 1.807) is 11.9 Å². The number of fused-ring (bicyclic) bond motifs is 1. The number of amides is 4. The fraction of sp³-hybridized carbons (Fsp3) is 0.789. The number of aliphatic hydroxyl groups is 12. The molecule has 4 fully saturated rings. The van der Waals surface area contributed by atoms with Crippen molar-refractivity contribution in [3.05, 3.63) is 11.9 Å². The molecule has 0 aromatic carbocycles. The van der Waals surface area contributed by atoms with Gasteiger partial charge >= 0.3 is 24.1 Å². The number of aliphatic hydroxyl groups excluding tert-OH is 12. The lowest BCUT2D eigenvalue weighted by Crippen LogP contribution is -2.65. The van der Waals surface area contributed by atoms with Crippen molar-refractivity contribution in [2.75, 3.05) is 111 Å². The summed E-state index contributed by atoms with van der Waals surface area (Å²) in [5, 5.41) is 130. The van der Waals surface area contributed by atoms with Gasteiger partial charge in [-0.05, 0) is 39.2 Å². The average Bonchev–Trinajstić information content (AvgIpc) is 0.792. The van der Waals surface area contributed by atoms with Gasteiger partial charge in [0.25, 0.3) is 0 Å². The van der Waals surface area contributed by atoms with Gasteiger partial charge in [-0.1, -0.05) is 0 Å². The van der Waals surface area contributed by atoms with Crippen LogP contribution in [0.3, 0.4) is 0 Å². The summed E-state index contributed by atoms with van der Waals surface area (Å²) in [4.78, 5) is 93.1. The van der Waals surface area contributed by atoms with Gasteiger partial charge in [0.05, 0.1) is 91.2 Å². The van der Waals surface area contributed by atoms with Crippen LogP contribution < -0.4 is 33.6 Å². The SMILES string of the molecule is CN(Cc1cnc2nc(N)nc(N)c2n1)[C@H](CCC(=O)OCCCCCC(=O)NCCOCCOC1O[C@@H](CO)[C@@H](O)[C@H](O)[C@@H]1O[C@H]1O[C@H](CO)[C@@H](O)[C@H](OC(N)=O)[C@@H]1O)C(=O)OCCCC(=O)NCCOCCOC1O[C@H](CO)[C@H](O)[C@@H](O)[C@H]1O[C@@H]1O[C@@H](CO)[C@H](O)[C@@H](OC(N)=O)[C@H]1O. The fourth-order valence-electron chi connectivity index (χ4n) is 10.7. The number of carbonyl (C=O) groups is 6. The molecule has 43 heteroatoms. The number of nitrogen functional groups attached to an aromatic ring is 2. The molecule has 0 radical (unpaired) electrons. The monoisotopic (exact) mass is 1440 g/mol. The van der Waals surface area contributed by atoms with Gasteiger partial charge < -0.3 is 161 Å². The number of likely N-dealkylation sites (N-methyl/N-ethyl adjacent to an activating group) is 1. The number of carbonyl (C=O) groups excluding carboxylic acids is 6. The number of hydrogen-bond acceptors (Lipinski definition) is 39. The Kier molecular flexibility index (Phi) is 34.3. The van der Waals surface area contributed by atoms with Crippen LogP contribution >= 0.6 is 0 Å². The highest BCUT2D eigenvalue weighted by Crippen LogP contribution is 2.33. The normalized spacial score (nSPS) is 30.3. The summed E-state index contributed by atoms with van der Waals surface area (Å²) in [6.07, 6.45) is -33.4. The van der Waals surface area contributed by atoms with Gasteiger partial charge in [0, 0.05) is 38.9 Å². The average molecular weight is 1440 g/mol. The molecular formula is C57H93N11O32. The molecule has 21 atom stereocenters. The van der Waals surface area contributed by atoms with E-state index in [1.165, 1.54) is 6.20 Å². The lowest BCUT2D eigenvalue weighted by Gasteiger charge is -2.46. The molecule has 6 heterocycles. The third-order valence-corrected chi connectivity index (χ3v) is 16.0. The van der Waals surface area contributed by atoms with E-state index in [4.69, 9.17) is 89.3 Å². The second-order valence-electron chi connectivity index (χ2n) is 23.3. The molecule has 2 unspecified atom stereocenters. The quantitative estimate of drug-likeness (QED) is 0.0167. The minimum atomic E-state index is -1.93. The zero-order chi connectivity index (χ0) is 73.2. The first-order chi connectivity index (χ1) is 47.8. The number of aromatic nitrogens is 4. The second-order valence-corrected chi connectivity index (χ2v) is 23.3. The lowest BCUT2D eigenvalue weighted by atomic mass is 9.97. The van der Waals surface area contributed by atoms with Crippen LogP contribution in [0.4, 0.5) is 21.4 Å². The molecular weight excluding hydrogens is 1350 g/mol. The molecule has 43 nitrogen and oxygen atoms in total. The summed E-state index contributed by atoms with van der Waals surface area (Å²) < 4.78 is 76.4. The van der Waals surface area contributed by atoms with E-state index in [1.807, 2.05) is 0 Å². The van der Waals surface area contributed by atoms with Crippen LogP contribution in [0.1, 0.15) is 57.1 Å². The summed E-state index contributed by atoms with van der Waals surface area (Å²) in [7, 11) is 1.60. The first-order valence-corrected chi connectivity index (χ1v) is 32.0. The predicted molar refractivity (Wildman–Crippen MR) is 327 cm³/mol. The van der Waals surface area contributed by atoms with Gasteiger partial charge in [-0.25, -0.2) is 19.6 Å². The van der Waals surface area contributed by atoms with Crippen molar-refractivity contribution < 1.29 is 156 Å². The Morgan fingerprint density at radius 2 is 1.00 bits per heavy atom. The van der Waals surface area contributed by atoms with Gasteiger partial charge in [-0.3, -0.25) is 24.1 Å². The van der Waals surface area contributed by atoms with Crippen molar-refractivity contribution in [1.82, 2.24) is 35.5 Å². The van der Waals surface area contributed by atoms with E-state index >= 15 is 0 Å². The van der Waals surface area contributed by atoms with E-state index in [2.05, 4.69) is 30.6 Å². The summed E-state index contributed by atoms with van der Waals surface area (Å²) >= 11 is 0. The Hall–Kier alpha value is -6.48. The third-order valence-electron chi connectivity index (χ3n) is 16.0. The van der Waals surface area contributed by atoms with Gasteiger partial charge in [0.1, 0.15) is 91.5 Å². The highest BCUT2D eigenvalue weighted by Gasteiger charge is 2.54. The maximum Gasteiger partial charge on any atom is 0.404 e. The Balaban J connectivity index is 0.866. The second kappa shape index (κ2) is 41.6. The summed E-state index contributed by atoms with van der Waals surface area (Å²) in [6, 6.07) is -1.03. The van der Waals surface area contributed by atoms with Crippen LogP contribution in [0.2, 0.25) is 0 Å². The molecule has 4 amide bonds. The highest BCUT2D eigenvalue weighted by atomic mass is 16.8. The smallest absolute Gasteiger partial charge is 0.404 e. The van der Waals surface area contributed by atoms with Gasteiger partial charge in [-0.2, -0.15) is 9.97 Å². The molecule has 0 spiro atoms. The van der Waals surface area contributed by atoms with Gasteiger partial charge in [-0.15, -0.1) is 0 Å². The maximum absolute atomic E-state index is 13.7. The molecule has 4 aliphatic rings. The van der Waals surface area contributed by atoms with Crippen molar-refractivity contribution >= 4 is 58.9 Å². The number of nitrogens with zero attached hydrogens (tertiary/aromatic N) is 5. The van der Waals surface area contributed by atoms with E-state index < -0.39 is 185 Å². The van der Waals surface area contributed by atoms with E-state index in [9.17, 15) is 90.0 Å². The molecule has 4 saturated heterocycles. The lowest BCUT2D eigenvalue weighted by molar-refractivity contribution is -0.367. The molecule has 0 bridgehead atoms. The number of rotatable bonds is 41. The Labute approximate surface area is 570 Å². The van der Waals surface area contributed by atoms with Crippen LogP contribution in [0.5, 0.6) is 0 Å². The van der Waals surface area contributed by atoms with Crippen molar-refractivity contribution in [3.63, 3.8) is 0 Å². The zero-order valence-electron chi connectivity index (χ0n) is 54.5. The van der Waals surface area contributed by atoms with Crippen molar-refractivity contribution in [2.45, 2.75) is 187 Å². The number of nitrogens with two attached hydrogens (primary N) is 4. The number of unbranched alkanes of at least 4 members (excludes halogenated alkanes) is 2. The van der Waals surface area contributed by atoms with Crippen LogP contribution in [0.25, 0.3) is 11.2 Å². The number of nitrogens with one attached hydrogen (secondary N) is 2. The molecule has 22 N–H and O–H groups in total. The molecule has 6 rings (SSSR count). The van der Waals surface area contributed by atoms with Crippen molar-refractivity contribution in [2.24, 2.45) is 11.5 Å². The minimum absolute atomic E-state index is 0.0140. The van der Waals surface area contributed by atoms with Crippen molar-refractivity contribution in [1.29, 1.82) is 0 Å². The Morgan fingerprint density at radius 3 is 1.49 bits per heavy atom. The molecule has 0 saturated carbocycles. The van der Waals surface area contributed by atoms with Crippen LogP contribution in [0, 0.1) is 0 Å². The largest absolute Gasteiger partial charge is 0.466 e. The van der Waals surface area contributed by atoms with E-state index in [0.29, 0.717) is 25.0 Å². The first kappa shape index (κ1) is 82.5. The first-order valence-electron chi connectivity index (χ1n) is 32.0. The summed E-state index contributed by atoms with van der Waals surface area (Å²) in [5.74, 6) is -2.17. The number of hydrogen-bond donors (Lipinski definition) is 18. The number of esters is 2. The molecule has 0 aliphatic carbocycles. The maximum atomic E-state index is 13.7. The van der Waals surface area contributed by atoms with Crippen LogP contribution in [-0.2, 0) is 92.0 Å². The van der Waals surface area contributed by atoms with E-state index in [-0.39, 0.29) is 133 Å². The van der Waals surface area contributed by atoms with Gasteiger partial charge in [0.2, 0.25) is 17.8 Å². The fourth-order valence-corrected chi connectivity index (χ4v) is 10.7. The number of anilines is 2. The van der Waals surface area contributed by atoms with E-state index in [0.717, 1.165) is 0 Å². The molecule has 2 aromatic heterocycles. The van der Waals surface area contributed by atoms with Crippen molar-refractivity contribution in [3.8, 4) is 0 Å². The molecule has 4 aliphatic heterocycles. The Morgan fingerprint density at radius 1 is 0.530 bits per heavy atom. The number of ether oxygens (including phenoxy) is 14. The molecule has 2 aromatic rings. The molecule has 100 heavy (non-hydrogen) atoms. The predicted octanol–water partition coefficient (Wildman–Crippen LogP) is -9.66. The minimum Gasteiger partial charge on any atom is -0.466 e. The van der Waals surface area contributed by atoms with Crippen LogP contribution in [-0.4, -0.2) is 350 Å². The van der Waals surface area contributed by atoms with Gasteiger partial charge in [0.15, 0.2) is 54.3 Å². The number of primary amides is 2. The third kappa shape index (κ3) is 24.3. The molecule has 568 valence electrons. The Bertz CT molecular complexity index is 2870. The highest BCUT2D eigenvalue weighted by molar-refractivity contribution is 5.82. The van der Waals surface area contributed by atoms with Crippen LogP contribution in [0.15, 0.2) is 6.20 Å². The topological polar surface area (TPSA) is 657 Å². The summed E-state index contributed by atoms with van der Waals surface area (Å²) in [5.41, 5.74) is 22.5. The summed E-state index contributed by atoms with van der Waals surface area (Å²) in [6.45, 7) is -3.82.